The molecular weight excluding hydrogens is 269 g/mol. The van der Waals surface area contributed by atoms with Gasteiger partial charge in [0.15, 0.2) is 6.23 Å². The third kappa shape index (κ3) is 2.06. The van der Waals surface area contributed by atoms with E-state index in [9.17, 15) is 19.4 Å². The molecule has 0 amide bonds. The molecule has 1 unspecified atom stereocenters. The Morgan fingerprint density at radius 1 is 1.75 bits per heavy atom. The molecule has 0 saturated carbocycles. The number of halogens is 1. The first kappa shape index (κ1) is 14.5. The van der Waals surface area contributed by atoms with Gasteiger partial charge in [0, 0.05) is 6.20 Å². The summed E-state index contributed by atoms with van der Waals surface area (Å²) in [5.41, 5.74) is 1.81. The molecular formula is C12H14FN3O4. The van der Waals surface area contributed by atoms with E-state index in [1.54, 1.807) is 5.92 Å². The van der Waals surface area contributed by atoms with Crippen LogP contribution in [-0.2, 0) is 4.74 Å². The first-order valence-electron chi connectivity index (χ1n) is 5.84. The van der Waals surface area contributed by atoms with Crippen LogP contribution in [0.1, 0.15) is 13.2 Å². The summed E-state index contributed by atoms with van der Waals surface area (Å²) in [4.78, 5) is 15.2. The summed E-state index contributed by atoms with van der Waals surface area (Å²) >= 11 is 0. The number of alkyl halides is 1. The monoisotopic (exact) mass is 283 g/mol. The van der Waals surface area contributed by atoms with Crippen molar-refractivity contribution in [2.75, 3.05) is 5.73 Å². The number of ether oxygens (including phenoxy) is 1. The summed E-state index contributed by atoms with van der Waals surface area (Å²) in [7, 11) is 0. The van der Waals surface area contributed by atoms with Gasteiger partial charge in [-0.15, -0.1) is 6.42 Å². The van der Waals surface area contributed by atoms with Crippen LogP contribution in [0.25, 0.3) is 0 Å². The summed E-state index contributed by atoms with van der Waals surface area (Å²) in [6.07, 6.45) is 0.486. The van der Waals surface area contributed by atoms with Crippen LogP contribution in [0.4, 0.5) is 10.2 Å². The number of aromatic nitrogens is 2. The molecule has 1 saturated heterocycles. The van der Waals surface area contributed by atoms with Gasteiger partial charge in [0.1, 0.15) is 18.0 Å². The van der Waals surface area contributed by atoms with Crippen molar-refractivity contribution >= 4 is 5.82 Å². The minimum absolute atomic E-state index is 0.0398. The molecule has 0 aliphatic carbocycles. The van der Waals surface area contributed by atoms with Crippen molar-refractivity contribution in [3.8, 4) is 12.3 Å². The Balaban J connectivity index is 2.50. The highest BCUT2D eigenvalue weighted by Crippen LogP contribution is 2.41. The summed E-state index contributed by atoms with van der Waals surface area (Å²) in [6, 6.07) is 1.27. The third-order valence-electron chi connectivity index (χ3n) is 3.19. The van der Waals surface area contributed by atoms with Crippen LogP contribution in [0.3, 0.4) is 0 Å². The van der Waals surface area contributed by atoms with E-state index in [0.717, 1.165) is 10.8 Å². The molecule has 1 aliphatic rings. The first-order valence-corrected chi connectivity index (χ1v) is 5.84. The average Bonchev–Trinajstić information content (AvgIpc) is 2.64. The predicted molar refractivity (Wildman–Crippen MR) is 67.2 cm³/mol. The largest absolute Gasteiger partial charge is 0.391 e. The zero-order chi connectivity index (χ0) is 15.1. The second-order valence-corrected chi connectivity index (χ2v) is 4.59. The second kappa shape index (κ2) is 4.86. The maximum Gasteiger partial charge on any atom is 0.351 e. The lowest BCUT2D eigenvalue weighted by Crippen LogP contribution is -2.45. The third-order valence-corrected chi connectivity index (χ3v) is 3.19. The van der Waals surface area contributed by atoms with Crippen molar-refractivity contribution in [2.45, 2.75) is 37.1 Å². The summed E-state index contributed by atoms with van der Waals surface area (Å²) < 4.78 is 20.7. The number of hydrogen-bond acceptors (Lipinski definition) is 6. The predicted octanol–water partition coefficient (Wildman–Crippen LogP) is -1.19. The van der Waals surface area contributed by atoms with Crippen molar-refractivity contribution in [3.05, 3.63) is 22.7 Å². The molecule has 1 aromatic heterocycles. The van der Waals surface area contributed by atoms with E-state index in [-0.39, 0.29) is 5.82 Å². The molecule has 2 rings (SSSR count). The maximum atomic E-state index is 14.7. The quantitative estimate of drug-likeness (QED) is 0.588. The topological polar surface area (TPSA) is 111 Å². The van der Waals surface area contributed by atoms with Crippen LogP contribution in [0, 0.1) is 12.3 Å². The number of rotatable bonds is 2. The van der Waals surface area contributed by atoms with Gasteiger partial charge in [-0.3, -0.25) is 4.57 Å². The van der Waals surface area contributed by atoms with Gasteiger partial charge in [0.05, 0.1) is 6.10 Å². The van der Waals surface area contributed by atoms with Crippen LogP contribution in [0.15, 0.2) is 17.1 Å². The van der Waals surface area contributed by atoms with Crippen molar-refractivity contribution in [2.24, 2.45) is 0 Å². The molecule has 0 bridgehead atoms. The van der Waals surface area contributed by atoms with Gasteiger partial charge in [-0.2, -0.15) is 4.98 Å². The van der Waals surface area contributed by atoms with E-state index in [2.05, 4.69) is 4.98 Å². The van der Waals surface area contributed by atoms with Gasteiger partial charge >= 0.3 is 5.69 Å². The number of nitrogens with zero attached hydrogens (tertiary/aromatic N) is 2. The molecule has 1 aliphatic heterocycles. The lowest BCUT2D eigenvalue weighted by Gasteiger charge is -2.23. The number of anilines is 1. The van der Waals surface area contributed by atoms with Gasteiger partial charge in [0.25, 0.3) is 0 Å². The van der Waals surface area contributed by atoms with Crippen LogP contribution in [0.2, 0.25) is 0 Å². The van der Waals surface area contributed by atoms with E-state index >= 15 is 0 Å². The van der Waals surface area contributed by atoms with Gasteiger partial charge in [-0.05, 0) is 13.0 Å². The Morgan fingerprint density at radius 2 is 2.40 bits per heavy atom. The Hall–Kier alpha value is -1.95. The lowest BCUT2D eigenvalue weighted by molar-refractivity contribution is -0.0802. The summed E-state index contributed by atoms with van der Waals surface area (Å²) in [6.45, 7) is 1.32. The number of hydrogen-bond donors (Lipinski definition) is 3. The minimum Gasteiger partial charge on any atom is -0.391 e. The molecule has 8 heteroatoms. The number of nitrogens with two attached hydrogens (primary N) is 1. The molecule has 1 fully saturated rings. The van der Waals surface area contributed by atoms with Crippen molar-refractivity contribution in [1.82, 2.24) is 9.55 Å². The molecule has 0 radical (unpaired) electrons. The Bertz CT molecular complexity index is 611. The standard InChI is InChI=1S/C12H14FN3O4/c1-3-12(13)9(18)8(6(2)17)20-10(12)16-5-4-7(14)15-11(16)19/h1,4-6,8-10,17-18H,2H3,(H2,14,15,19)/t6-,8-,9?,10-,12-/m1/s1. The SMILES string of the molecule is C#C[C@@]1(F)C(O)[C@@H]([C@@H](C)O)O[C@H]1n1ccc(N)nc1=O. The van der Waals surface area contributed by atoms with E-state index in [1.165, 1.54) is 13.0 Å². The Labute approximate surface area is 113 Å². The number of aliphatic hydroxyl groups is 2. The fraction of sp³-hybridized carbons (Fsp3) is 0.500. The molecule has 2 heterocycles. The molecule has 5 atom stereocenters. The van der Waals surface area contributed by atoms with Crippen molar-refractivity contribution < 1.29 is 19.3 Å². The van der Waals surface area contributed by atoms with Crippen LogP contribution in [0.5, 0.6) is 0 Å². The van der Waals surface area contributed by atoms with Crippen LogP contribution in [-0.4, -0.2) is 43.7 Å². The molecule has 0 spiro atoms. The number of nitrogen functional groups attached to an aromatic ring is 1. The maximum absolute atomic E-state index is 14.7. The number of aliphatic hydroxyl groups excluding tert-OH is 2. The van der Waals surface area contributed by atoms with E-state index < -0.39 is 35.9 Å². The highest BCUT2D eigenvalue weighted by atomic mass is 19.1. The normalized spacial score (nSPS) is 34.6. The fourth-order valence-electron chi connectivity index (χ4n) is 2.11. The zero-order valence-corrected chi connectivity index (χ0v) is 10.6. The number of terminal acetylenes is 1. The molecule has 1 aromatic rings. The highest BCUT2D eigenvalue weighted by Gasteiger charge is 2.58. The molecule has 0 aromatic carbocycles. The van der Waals surface area contributed by atoms with Gasteiger partial charge in [-0.25, -0.2) is 9.18 Å². The summed E-state index contributed by atoms with van der Waals surface area (Å²) in [5.74, 6) is 1.75. The Morgan fingerprint density at radius 3 is 2.90 bits per heavy atom. The molecule has 20 heavy (non-hydrogen) atoms. The molecule has 4 N–H and O–H groups in total. The second-order valence-electron chi connectivity index (χ2n) is 4.59. The lowest BCUT2D eigenvalue weighted by atomic mass is 9.95. The summed E-state index contributed by atoms with van der Waals surface area (Å²) in [5, 5.41) is 19.4. The smallest absolute Gasteiger partial charge is 0.351 e. The van der Waals surface area contributed by atoms with Crippen molar-refractivity contribution in [1.29, 1.82) is 0 Å². The van der Waals surface area contributed by atoms with E-state index in [1.807, 2.05) is 0 Å². The average molecular weight is 283 g/mol. The highest BCUT2D eigenvalue weighted by molar-refractivity contribution is 5.25. The zero-order valence-electron chi connectivity index (χ0n) is 10.6. The van der Waals surface area contributed by atoms with Gasteiger partial charge in [-0.1, -0.05) is 5.92 Å². The molecule has 7 nitrogen and oxygen atoms in total. The van der Waals surface area contributed by atoms with E-state index in [0.29, 0.717) is 0 Å². The van der Waals surface area contributed by atoms with Crippen molar-refractivity contribution in [3.63, 3.8) is 0 Å². The Kier molecular flexibility index (Phi) is 3.52. The van der Waals surface area contributed by atoms with E-state index in [4.69, 9.17) is 16.9 Å². The minimum atomic E-state index is -2.66. The first-order chi connectivity index (χ1) is 9.31. The molecule has 108 valence electrons. The van der Waals surface area contributed by atoms with Gasteiger partial charge < -0.3 is 20.7 Å². The van der Waals surface area contributed by atoms with Crippen LogP contribution >= 0.6 is 0 Å². The van der Waals surface area contributed by atoms with Gasteiger partial charge in [0.2, 0.25) is 5.67 Å². The van der Waals surface area contributed by atoms with Crippen LogP contribution < -0.4 is 11.4 Å². The fourth-order valence-corrected chi connectivity index (χ4v) is 2.11.